The maximum Gasteiger partial charge on any atom is 0.282 e. The number of nitro groups is 1. The van der Waals surface area contributed by atoms with Crippen LogP contribution in [0.2, 0.25) is 0 Å². The zero-order valence-electron chi connectivity index (χ0n) is 12.5. The minimum Gasteiger partial charge on any atom is -0.313 e. The molecule has 1 N–H and O–H groups in total. The maximum atomic E-state index is 11.0. The van der Waals surface area contributed by atoms with E-state index in [1.807, 2.05) is 12.1 Å². The van der Waals surface area contributed by atoms with Gasteiger partial charge in [-0.05, 0) is 24.9 Å². The molecule has 112 valence electrons. The number of nitrogens with zero attached hydrogens (tertiary/aromatic N) is 1. The predicted octanol–water partition coefficient (Wildman–Crippen LogP) is 4.10. The Morgan fingerprint density at radius 3 is 2.65 bits per heavy atom. The number of hydrogen-bond acceptors (Lipinski definition) is 4. The van der Waals surface area contributed by atoms with Gasteiger partial charge in [-0.3, -0.25) is 10.1 Å². The molecule has 0 aromatic heterocycles. The Kier molecular flexibility index (Phi) is 7.62. The van der Waals surface area contributed by atoms with Gasteiger partial charge >= 0.3 is 0 Å². The molecule has 5 heteroatoms. The van der Waals surface area contributed by atoms with E-state index < -0.39 is 0 Å². The van der Waals surface area contributed by atoms with E-state index >= 15 is 0 Å². The SMILES string of the molecule is CCCNC(CSc1ccccc1[N+](=O)[O-])C(C)CC. The first kappa shape index (κ1) is 17.0. The van der Waals surface area contributed by atoms with Crippen molar-refractivity contribution in [3.8, 4) is 0 Å². The molecular formula is C15H24N2O2S. The van der Waals surface area contributed by atoms with E-state index in [-0.39, 0.29) is 10.6 Å². The minimum atomic E-state index is -0.305. The third-order valence-electron chi connectivity index (χ3n) is 3.47. The molecule has 0 saturated carbocycles. The van der Waals surface area contributed by atoms with Gasteiger partial charge in [0.15, 0.2) is 0 Å². The van der Waals surface area contributed by atoms with Gasteiger partial charge in [-0.15, -0.1) is 11.8 Å². The van der Waals surface area contributed by atoms with Gasteiger partial charge in [0.2, 0.25) is 0 Å². The van der Waals surface area contributed by atoms with Crippen LogP contribution in [0.3, 0.4) is 0 Å². The largest absolute Gasteiger partial charge is 0.313 e. The number of benzene rings is 1. The molecule has 0 aliphatic heterocycles. The molecular weight excluding hydrogens is 272 g/mol. The lowest BCUT2D eigenvalue weighted by molar-refractivity contribution is -0.387. The molecule has 0 aliphatic rings. The Morgan fingerprint density at radius 2 is 2.05 bits per heavy atom. The summed E-state index contributed by atoms with van der Waals surface area (Å²) in [6.45, 7) is 7.55. The van der Waals surface area contributed by atoms with Crippen LogP contribution < -0.4 is 5.32 Å². The maximum absolute atomic E-state index is 11.0. The first-order chi connectivity index (χ1) is 9.60. The van der Waals surface area contributed by atoms with Crippen LogP contribution in [-0.2, 0) is 0 Å². The van der Waals surface area contributed by atoms with Gasteiger partial charge in [-0.2, -0.15) is 0 Å². The van der Waals surface area contributed by atoms with Gasteiger partial charge in [0.05, 0.1) is 9.82 Å². The van der Waals surface area contributed by atoms with Crippen LogP contribution in [0.25, 0.3) is 0 Å². The molecule has 0 saturated heterocycles. The molecule has 0 heterocycles. The fraction of sp³-hybridized carbons (Fsp3) is 0.600. The molecule has 2 atom stereocenters. The fourth-order valence-corrected chi connectivity index (χ4v) is 3.22. The summed E-state index contributed by atoms with van der Waals surface area (Å²) in [7, 11) is 0. The van der Waals surface area contributed by atoms with Crippen molar-refractivity contribution < 1.29 is 4.92 Å². The van der Waals surface area contributed by atoms with Crippen LogP contribution >= 0.6 is 11.8 Å². The summed E-state index contributed by atoms with van der Waals surface area (Å²) in [6, 6.07) is 7.36. The van der Waals surface area contributed by atoms with Crippen LogP contribution in [0.4, 0.5) is 5.69 Å². The van der Waals surface area contributed by atoms with Crippen LogP contribution in [-0.4, -0.2) is 23.3 Å². The highest BCUT2D eigenvalue weighted by Gasteiger charge is 2.18. The molecule has 1 rings (SSSR count). The number of nitro benzene ring substituents is 1. The van der Waals surface area contributed by atoms with E-state index in [0.29, 0.717) is 12.0 Å². The molecule has 0 aliphatic carbocycles. The van der Waals surface area contributed by atoms with E-state index in [2.05, 4.69) is 26.1 Å². The lowest BCUT2D eigenvalue weighted by Crippen LogP contribution is -2.37. The number of hydrogen-bond donors (Lipinski definition) is 1. The van der Waals surface area contributed by atoms with Crippen molar-refractivity contribution >= 4 is 17.4 Å². The van der Waals surface area contributed by atoms with Crippen molar-refractivity contribution in [1.29, 1.82) is 0 Å². The first-order valence-electron chi connectivity index (χ1n) is 7.19. The molecule has 0 spiro atoms. The van der Waals surface area contributed by atoms with Gasteiger partial charge in [-0.1, -0.05) is 39.3 Å². The molecule has 1 aromatic carbocycles. The Hall–Kier alpha value is -1.07. The van der Waals surface area contributed by atoms with Crippen LogP contribution in [0.1, 0.15) is 33.6 Å². The smallest absolute Gasteiger partial charge is 0.282 e. The molecule has 0 amide bonds. The normalized spacial score (nSPS) is 13.9. The highest BCUT2D eigenvalue weighted by atomic mass is 32.2. The first-order valence-corrected chi connectivity index (χ1v) is 8.18. The number of thioether (sulfide) groups is 1. The molecule has 20 heavy (non-hydrogen) atoms. The van der Waals surface area contributed by atoms with Crippen LogP contribution in [0.15, 0.2) is 29.2 Å². The van der Waals surface area contributed by atoms with Crippen molar-refractivity contribution in [1.82, 2.24) is 5.32 Å². The van der Waals surface area contributed by atoms with Gasteiger partial charge in [0, 0.05) is 17.9 Å². The third-order valence-corrected chi connectivity index (χ3v) is 4.65. The Bertz CT molecular complexity index is 426. The molecule has 0 fully saturated rings. The Morgan fingerprint density at radius 1 is 1.35 bits per heavy atom. The zero-order valence-corrected chi connectivity index (χ0v) is 13.3. The lowest BCUT2D eigenvalue weighted by Gasteiger charge is -2.24. The second-order valence-electron chi connectivity index (χ2n) is 4.98. The van der Waals surface area contributed by atoms with Gasteiger partial charge in [-0.25, -0.2) is 0 Å². The third kappa shape index (κ3) is 5.13. The van der Waals surface area contributed by atoms with E-state index in [9.17, 15) is 10.1 Å². The van der Waals surface area contributed by atoms with E-state index in [4.69, 9.17) is 0 Å². The average Bonchev–Trinajstić information content (AvgIpc) is 2.46. The number of rotatable bonds is 9. The summed E-state index contributed by atoms with van der Waals surface area (Å²) in [5, 5.41) is 14.6. The van der Waals surface area contributed by atoms with E-state index in [1.165, 1.54) is 0 Å². The average molecular weight is 296 g/mol. The second kappa shape index (κ2) is 8.97. The highest BCUT2D eigenvalue weighted by Crippen LogP contribution is 2.30. The molecule has 0 radical (unpaired) electrons. The quantitative estimate of drug-likeness (QED) is 0.423. The highest BCUT2D eigenvalue weighted by molar-refractivity contribution is 7.99. The summed E-state index contributed by atoms with van der Waals surface area (Å²) in [5.41, 5.74) is 0.205. The van der Waals surface area contributed by atoms with Gasteiger partial charge < -0.3 is 5.32 Å². The lowest BCUT2D eigenvalue weighted by atomic mass is 10.0. The van der Waals surface area contributed by atoms with Gasteiger partial charge in [0.1, 0.15) is 0 Å². The molecule has 1 aromatic rings. The Balaban J connectivity index is 2.69. The van der Waals surface area contributed by atoms with Crippen molar-refractivity contribution in [2.24, 2.45) is 5.92 Å². The fourth-order valence-electron chi connectivity index (χ4n) is 1.95. The van der Waals surface area contributed by atoms with Crippen LogP contribution in [0, 0.1) is 16.0 Å². The topological polar surface area (TPSA) is 55.2 Å². The van der Waals surface area contributed by atoms with Crippen molar-refractivity contribution in [2.75, 3.05) is 12.3 Å². The summed E-state index contributed by atoms with van der Waals surface area (Å²) in [4.78, 5) is 11.5. The van der Waals surface area contributed by atoms with Crippen molar-refractivity contribution in [2.45, 2.75) is 44.6 Å². The van der Waals surface area contributed by atoms with E-state index in [1.54, 1.807) is 23.9 Å². The predicted molar refractivity (Wildman–Crippen MR) is 85.4 cm³/mol. The van der Waals surface area contributed by atoms with E-state index in [0.717, 1.165) is 30.0 Å². The second-order valence-corrected chi connectivity index (χ2v) is 6.04. The standard InChI is InChI=1S/C15H24N2O2S/c1-4-10-16-13(12(3)5-2)11-20-15-9-7-6-8-14(15)17(18)19/h6-9,12-13,16H,4-5,10-11H2,1-3H3. The summed E-state index contributed by atoms with van der Waals surface area (Å²) in [6.07, 6.45) is 2.21. The number of para-hydroxylation sites is 1. The number of nitrogens with one attached hydrogen (secondary N) is 1. The van der Waals surface area contributed by atoms with Crippen molar-refractivity contribution in [3.05, 3.63) is 34.4 Å². The van der Waals surface area contributed by atoms with Crippen LogP contribution in [0.5, 0.6) is 0 Å². The Labute approximate surface area is 125 Å². The summed E-state index contributed by atoms with van der Waals surface area (Å²) >= 11 is 1.57. The summed E-state index contributed by atoms with van der Waals surface area (Å²) < 4.78 is 0. The minimum absolute atomic E-state index is 0.205. The zero-order chi connectivity index (χ0) is 15.0. The monoisotopic (exact) mass is 296 g/mol. The summed E-state index contributed by atoms with van der Waals surface area (Å²) in [5.74, 6) is 1.43. The van der Waals surface area contributed by atoms with Gasteiger partial charge in [0.25, 0.3) is 5.69 Å². The molecule has 2 unspecified atom stereocenters. The molecule has 4 nitrogen and oxygen atoms in total. The molecule has 0 bridgehead atoms. The van der Waals surface area contributed by atoms with Crippen molar-refractivity contribution in [3.63, 3.8) is 0 Å².